The summed E-state index contributed by atoms with van der Waals surface area (Å²) in [4.78, 5) is 4.11. The van der Waals surface area contributed by atoms with E-state index in [1.54, 1.807) is 7.11 Å². The average molecular weight is 256 g/mol. The van der Waals surface area contributed by atoms with E-state index in [-0.39, 0.29) is 0 Å². The molecule has 1 aromatic carbocycles. The van der Waals surface area contributed by atoms with Crippen LogP contribution in [0.4, 0.5) is 0 Å². The first-order valence-electron chi connectivity index (χ1n) is 6.47. The van der Waals surface area contributed by atoms with E-state index in [1.165, 1.54) is 22.3 Å². The van der Waals surface area contributed by atoms with Gasteiger partial charge in [-0.15, -0.1) is 0 Å². The van der Waals surface area contributed by atoms with Crippen molar-refractivity contribution >= 4 is 0 Å². The van der Waals surface area contributed by atoms with Crippen molar-refractivity contribution < 1.29 is 4.74 Å². The van der Waals surface area contributed by atoms with Gasteiger partial charge in [-0.25, -0.2) is 0 Å². The summed E-state index contributed by atoms with van der Waals surface area (Å²) in [7, 11) is 1.73. The smallest absolute Gasteiger partial charge is 0.0716 e. The van der Waals surface area contributed by atoms with Crippen LogP contribution >= 0.6 is 0 Å². The number of aryl methyl sites for hydroxylation is 1. The number of ether oxygens (including phenoxy) is 1. The fourth-order valence-corrected chi connectivity index (χ4v) is 2.06. The summed E-state index contributed by atoms with van der Waals surface area (Å²) in [5, 5.41) is 3.47. The van der Waals surface area contributed by atoms with Crippen LogP contribution in [-0.2, 0) is 24.4 Å². The maximum atomic E-state index is 5.22. The van der Waals surface area contributed by atoms with Gasteiger partial charge in [0.25, 0.3) is 0 Å². The molecule has 0 fully saturated rings. The SMILES string of the molecule is COCc1ccccc1CNCc1ccncc1C. The third-order valence-corrected chi connectivity index (χ3v) is 3.19. The lowest BCUT2D eigenvalue weighted by molar-refractivity contribution is 0.184. The van der Waals surface area contributed by atoms with Gasteiger partial charge < -0.3 is 10.1 Å². The largest absolute Gasteiger partial charge is 0.380 e. The van der Waals surface area contributed by atoms with Crippen LogP contribution in [-0.4, -0.2) is 12.1 Å². The summed E-state index contributed by atoms with van der Waals surface area (Å²) >= 11 is 0. The molecule has 3 heteroatoms. The Kier molecular flexibility index (Phi) is 5.07. The number of hydrogen-bond donors (Lipinski definition) is 1. The second-order valence-electron chi connectivity index (χ2n) is 4.61. The van der Waals surface area contributed by atoms with Gasteiger partial charge in [0, 0.05) is 32.6 Å². The molecule has 0 saturated heterocycles. The van der Waals surface area contributed by atoms with E-state index in [9.17, 15) is 0 Å². The van der Waals surface area contributed by atoms with Gasteiger partial charge in [0.2, 0.25) is 0 Å². The first-order valence-corrected chi connectivity index (χ1v) is 6.47. The van der Waals surface area contributed by atoms with Gasteiger partial charge in [-0.3, -0.25) is 4.98 Å². The fraction of sp³-hybridized carbons (Fsp3) is 0.312. The zero-order valence-corrected chi connectivity index (χ0v) is 11.5. The molecule has 1 N–H and O–H groups in total. The number of aromatic nitrogens is 1. The highest BCUT2D eigenvalue weighted by molar-refractivity contribution is 5.27. The minimum Gasteiger partial charge on any atom is -0.380 e. The lowest BCUT2D eigenvalue weighted by Crippen LogP contribution is -2.15. The van der Waals surface area contributed by atoms with E-state index in [0.717, 1.165) is 13.1 Å². The second kappa shape index (κ2) is 7.02. The van der Waals surface area contributed by atoms with Crippen LogP contribution in [0.1, 0.15) is 22.3 Å². The van der Waals surface area contributed by atoms with Crippen molar-refractivity contribution in [3.8, 4) is 0 Å². The van der Waals surface area contributed by atoms with Crippen LogP contribution in [0.15, 0.2) is 42.7 Å². The van der Waals surface area contributed by atoms with E-state index in [2.05, 4.69) is 41.5 Å². The average Bonchev–Trinajstić information content (AvgIpc) is 2.43. The van der Waals surface area contributed by atoms with Gasteiger partial charge in [0.05, 0.1) is 6.61 Å². The van der Waals surface area contributed by atoms with Gasteiger partial charge in [0.1, 0.15) is 0 Å². The van der Waals surface area contributed by atoms with Crippen LogP contribution in [0.2, 0.25) is 0 Å². The number of nitrogens with zero attached hydrogens (tertiary/aromatic N) is 1. The first kappa shape index (κ1) is 13.7. The Morgan fingerprint density at radius 3 is 2.53 bits per heavy atom. The minimum absolute atomic E-state index is 0.659. The second-order valence-corrected chi connectivity index (χ2v) is 4.61. The van der Waals surface area contributed by atoms with Crippen molar-refractivity contribution in [2.75, 3.05) is 7.11 Å². The zero-order chi connectivity index (χ0) is 13.5. The van der Waals surface area contributed by atoms with Gasteiger partial charge in [0.15, 0.2) is 0 Å². The molecule has 0 unspecified atom stereocenters. The fourth-order valence-electron chi connectivity index (χ4n) is 2.06. The molecule has 0 radical (unpaired) electrons. The molecule has 0 atom stereocenters. The number of pyridine rings is 1. The number of nitrogens with one attached hydrogen (secondary N) is 1. The van der Waals surface area contributed by atoms with Gasteiger partial charge >= 0.3 is 0 Å². The Labute approximate surface area is 114 Å². The molecule has 0 amide bonds. The normalized spacial score (nSPS) is 10.6. The number of benzene rings is 1. The molecule has 0 bridgehead atoms. The topological polar surface area (TPSA) is 34.1 Å². The van der Waals surface area contributed by atoms with Crippen LogP contribution in [0, 0.1) is 6.92 Å². The number of rotatable bonds is 6. The predicted molar refractivity (Wildman–Crippen MR) is 76.7 cm³/mol. The molecule has 2 rings (SSSR count). The molecule has 0 aliphatic rings. The van der Waals surface area contributed by atoms with E-state index in [4.69, 9.17) is 4.74 Å². The molecule has 100 valence electrons. The molecule has 1 aromatic heterocycles. The molecule has 19 heavy (non-hydrogen) atoms. The summed E-state index contributed by atoms with van der Waals surface area (Å²) in [6, 6.07) is 10.4. The molecular formula is C16H20N2O. The lowest BCUT2D eigenvalue weighted by atomic mass is 10.1. The molecule has 0 aliphatic heterocycles. The number of hydrogen-bond acceptors (Lipinski definition) is 3. The van der Waals surface area contributed by atoms with Crippen molar-refractivity contribution in [3.05, 3.63) is 65.0 Å². The zero-order valence-electron chi connectivity index (χ0n) is 11.5. The summed E-state index contributed by atoms with van der Waals surface area (Å²) in [6.07, 6.45) is 3.73. The summed E-state index contributed by atoms with van der Waals surface area (Å²) in [6.45, 7) is 4.45. The lowest BCUT2D eigenvalue weighted by Gasteiger charge is -2.11. The Bertz CT molecular complexity index is 526. The minimum atomic E-state index is 0.659. The monoisotopic (exact) mass is 256 g/mol. The predicted octanol–water partition coefficient (Wildman–Crippen LogP) is 2.83. The molecule has 3 nitrogen and oxygen atoms in total. The van der Waals surface area contributed by atoms with Gasteiger partial charge in [-0.1, -0.05) is 24.3 Å². The molecule has 0 aliphatic carbocycles. The van der Waals surface area contributed by atoms with Crippen LogP contribution < -0.4 is 5.32 Å². The van der Waals surface area contributed by atoms with Crippen molar-refractivity contribution in [2.24, 2.45) is 0 Å². The van der Waals surface area contributed by atoms with E-state index in [0.29, 0.717) is 6.61 Å². The summed E-state index contributed by atoms with van der Waals surface area (Å²) in [5.41, 5.74) is 5.04. The Balaban J connectivity index is 1.94. The number of methoxy groups -OCH3 is 1. The van der Waals surface area contributed by atoms with Crippen LogP contribution in [0.5, 0.6) is 0 Å². The Hall–Kier alpha value is -1.71. The quantitative estimate of drug-likeness (QED) is 0.863. The van der Waals surface area contributed by atoms with E-state index >= 15 is 0 Å². The van der Waals surface area contributed by atoms with Crippen molar-refractivity contribution in [1.29, 1.82) is 0 Å². The molecule has 1 heterocycles. The molecule has 2 aromatic rings. The summed E-state index contributed by atoms with van der Waals surface area (Å²) in [5.74, 6) is 0. The van der Waals surface area contributed by atoms with Gasteiger partial charge in [-0.2, -0.15) is 0 Å². The highest BCUT2D eigenvalue weighted by atomic mass is 16.5. The van der Waals surface area contributed by atoms with Crippen molar-refractivity contribution in [3.63, 3.8) is 0 Å². The standard InChI is InChI=1S/C16H20N2O/c1-13-9-17-8-7-14(13)10-18-11-15-5-3-4-6-16(15)12-19-2/h3-9,18H,10-12H2,1-2H3. The van der Waals surface area contributed by atoms with E-state index < -0.39 is 0 Å². The van der Waals surface area contributed by atoms with Crippen LogP contribution in [0.25, 0.3) is 0 Å². The highest BCUT2D eigenvalue weighted by Gasteiger charge is 2.02. The highest BCUT2D eigenvalue weighted by Crippen LogP contribution is 2.10. The maximum absolute atomic E-state index is 5.22. The Morgan fingerprint density at radius 1 is 1.05 bits per heavy atom. The molecule has 0 spiro atoms. The molecule has 0 saturated carbocycles. The van der Waals surface area contributed by atoms with Gasteiger partial charge in [-0.05, 0) is 35.2 Å². The maximum Gasteiger partial charge on any atom is 0.0716 e. The van der Waals surface area contributed by atoms with E-state index in [1.807, 2.05) is 18.5 Å². The van der Waals surface area contributed by atoms with Crippen LogP contribution in [0.3, 0.4) is 0 Å². The van der Waals surface area contributed by atoms with Crippen molar-refractivity contribution in [1.82, 2.24) is 10.3 Å². The third kappa shape index (κ3) is 3.88. The summed E-state index contributed by atoms with van der Waals surface area (Å²) < 4.78 is 5.22. The molecular weight excluding hydrogens is 236 g/mol. The first-order chi connectivity index (χ1) is 9.31. The van der Waals surface area contributed by atoms with Crippen molar-refractivity contribution in [2.45, 2.75) is 26.6 Å². The third-order valence-electron chi connectivity index (χ3n) is 3.19. The Morgan fingerprint density at radius 2 is 1.79 bits per heavy atom.